The van der Waals surface area contributed by atoms with Crippen molar-refractivity contribution in [3.8, 4) is 0 Å². The average molecular weight is 239 g/mol. The van der Waals surface area contributed by atoms with Crippen molar-refractivity contribution in [3.63, 3.8) is 0 Å². The molecule has 90 valence electrons. The number of hydrogen-bond acceptors (Lipinski definition) is 3. The van der Waals surface area contributed by atoms with Crippen LogP contribution in [0.2, 0.25) is 0 Å². The monoisotopic (exact) mass is 239 g/mol. The van der Waals surface area contributed by atoms with Crippen molar-refractivity contribution in [3.05, 3.63) is 29.3 Å². The summed E-state index contributed by atoms with van der Waals surface area (Å²) in [6.45, 7) is 5.35. The molecule has 16 heavy (non-hydrogen) atoms. The molecule has 0 aliphatic rings. The van der Waals surface area contributed by atoms with E-state index in [4.69, 9.17) is 5.11 Å². The van der Waals surface area contributed by atoms with Crippen molar-refractivity contribution in [1.29, 1.82) is 0 Å². The van der Waals surface area contributed by atoms with Crippen molar-refractivity contribution < 1.29 is 5.11 Å². The van der Waals surface area contributed by atoms with Gasteiger partial charge in [-0.3, -0.25) is 0 Å². The molecule has 1 aromatic carbocycles. The van der Waals surface area contributed by atoms with Crippen LogP contribution in [0, 0.1) is 12.8 Å². The van der Waals surface area contributed by atoms with E-state index in [1.807, 2.05) is 18.8 Å². The molecule has 0 heterocycles. The smallest absolute Gasteiger partial charge is 0.0464 e. The first kappa shape index (κ1) is 13.6. The van der Waals surface area contributed by atoms with E-state index < -0.39 is 0 Å². The summed E-state index contributed by atoms with van der Waals surface area (Å²) >= 11 is 1.83. The third-order valence-electron chi connectivity index (χ3n) is 2.42. The van der Waals surface area contributed by atoms with Crippen molar-refractivity contribution in [2.75, 3.05) is 19.4 Å². The summed E-state index contributed by atoms with van der Waals surface area (Å²) in [5, 5.41) is 12.2. The summed E-state index contributed by atoms with van der Waals surface area (Å²) in [4.78, 5) is 1.32. The highest BCUT2D eigenvalue weighted by Crippen LogP contribution is 2.25. The van der Waals surface area contributed by atoms with E-state index >= 15 is 0 Å². The first-order chi connectivity index (χ1) is 7.67. The van der Waals surface area contributed by atoms with Gasteiger partial charge >= 0.3 is 0 Å². The zero-order valence-corrected chi connectivity index (χ0v) is 11.1. The number of benzene rings is 1. The van der Waals surface area contributed by atoms with Crippen LogP contribution in [0.25, 0.3) is 0 Å². The summed E-state index contributed by atoms with van der Waals surface area (Å²) in [5.41, 5.74) is 2.64. The molecule has 0 aliphatic heterocycles. The van der Waals surface area contributed by atoms with Gasteiger partial charge in [0, 0.05) is 23.8 Å². The lowest BCUT2D eigenvalue weighted by molar-refractivity contribution is 0.250. The molecule has 0 aromatic heterocycles. The van der Waals surface area contributed by atoms with Gasteiger partial charge in [-0.15, -0.1) is 11.8 Å². The molecule has 0 fully saturated rings. The molecule has 3 heteroatoms. The third kappa shape index (κ3) is 4.16. The van der Waals surface area contributed by atoms with E-state index in [1.165, 1.54) is 16.0 Å². The fraction of sp³-hybridized carbons (Fsp3) is 0.538. The standard InChI is InChI=1S/C13H21NOS/c1-10-4-5-13(12(6-10)7-14-3)16-9-11(2)8-15/h4-6,11,14-15H,7-9H2,1-3H3. The van der Waals surface area contributed by atoms with Crippen LogP contribution in [-0.4, -0.2) is 24.5 Å². The predicted octanol–water partition coefficient (Wildman–Crippen LogP) is 2.43. The molecule has 0 radical (unpaired) electrons. The number of aliphatic hydroxyl groups excluding tert-OH is 1. The van der Waals surface area contributed by atoms with Crippen LogP contribution in [0.3, 0.4) is 0 Å². The molecule has 0 amide bonds. The number of aryl methyl sites for hydroxylation is 1. The molecule has 1 aromatic rings. The Morgan fingerprint density at radius 1 is 1.44 bits per heavy atom. The molecule has 2 N–H and O–H groups in total. The summed E-state index contributed by atoms with van der Waals surface area (Å²) in [5.74, 6) is 1.32. The van der Waals surface area contributed by atoms with Gasteiger partial charge in [-0.2, -0.15) is 0 Å². The summed E-state index contributed by atoms with van der Waals surface area (Å²) < 4.78 is 0. The number of nitrogens with one attached hydrogen (secondary N) is 1. The van der Waals surface area contributed by atoms with Crippen LogP contribution in [-0.2, 0) is 6.54 Å². The second-order valence-corrected chi connectivity index (χ2v) is 5.30. The highest BCUT2D eigenvalue weighted by atomic mass is 32.2. The fourth-order valence-corrected chi connectivity index (χ4v) is 2.51. The normalized spacial score (nSPS) is 12.8. The predicted molar refractivity (Wildman–Crippen MR) is 70.9 cm³/mol. The Hall–Kier alpha value is -0.510. The van der Waals surface area contributed by atoms with Crippen LogP contribution in [0.1, 0.15) is 18.1 Å². The maximum absolute atomic E-state index is 9.00. The Kier molecular flexibility index (Phi) is 5.88. The van der Waals surface area contributed by atoms with Crippen LogP contribution in [0.15, 0.2) is 23.1 Å². The van der Waals surface area contributed by atoms with Crippen molar-refractivity contribution >= 4 is 11.8 Å². The highest BCUT2D eigenvalue weighted by Gasteiger charge is 2.06. The van der Waals surface area contributed by atoms with Crippen LogP contribution in [0.5, 0.6) is 0 Å². The van der Waals surface area contributed by atoms with Gasteiger partial charge in [0.1, 0.15) is 0 Å². The van der Waals surface area contributed by atoms with Crippen molar-refractivity contribution in [2.45, 2.75) is 25.3 Å². The minimum absolute atomic E-state index is 0.264. The number of rotatable bonds is 6. The first-order valence-electron chi connectivity index (χ1n) is 5.65. The molecule has 0 aliphatic carbocycles. The van der Waals surface area contributed by atoms with E-state index in [0.29, 0.717) is 5.92 Å². The molecule has 1 rings (SSSR count). The Morgan fingerprint density at radius 3 is 2.81 bits per heavy atom. The lowest BCUT2D eigenvalue weighted by Crippen LogP contribution is -2.08. The van der Waals surface area contributed by atoms with Crippen molar-refractivity contribution in [2.24, 2.45) is 5.92 Å². The van der Waals surface area contributed by atoms with E-state index in [9.17, 15) is 0 Å². The zero-order valence-electron chi connectivity index (χ0n) is 10.3. The van der Waals surface area contributed by atoms with Crippen LogP contribution >= 0.6 is 11.8 Å². The third-order valence-corrected chi connectivity index (χ3v) is 3.86. The molecular formula is C13H21NOS. The second-order valence-electron chi connectivity index (χ2n) is 4.24. The second kappa shape index (κ2) is 6.94. The Morgan fingerprint density at radius 2 is 2.19 bits per heavy atom. The quantitative estimate of drug-likeness (QED) is 0.748. The van der Waals surface area contributed by atoms with Gasteiger partial charge in [0.25, 0.3) is 0 Å². The topological polar surface area (TPSA) is 32.3 Å². The largest absolute Gasteiger partial charge is 0.396 e. The summed E-state index contributed by atoms with van der Waals surface area (Å²) in [7, 11) is 1.97. The summed E-state index contributed by atoms with van der Waals surface area (Å²) in [6, 6.07) is 6.55. The van der Waals surface area contributed by atoms with Gasteiger partial charge < -0.3 is 10.4 Å². The maximum Gasteiger partial charge on any atom is 0.0464 e. The Balaban J connectivity index is 2.70. The number of aliphatic hydroxyl groups is 1. The van der Waals surface area contributed by atoms with Crippen molar-refractivity contribution in [1.82, 2.24) is 5.32 Å². The number of thioether (sulfide) groups is 1. The van der Waals surface area contributed by atoms with E-state index in [1.54, 1.807) is 0 Å². The highest BCUT2D eigenvalue weighted by molar-refractivity contribution is 7.99. The molecule has 0 bridgehead atoms. The van der Waals surface area contributed by atoms with Crippen LogP contribution < -0.4 is 5.32 Å². The zero-order chi connectivity index (χ0) is 12.0. The minimum atomic E-state index is 0.264. The van der Waals surface area contributed by atoms with E-state index in [2.05, 4.69) is 37.4 Å². The van der Waals surface area contributed by atoms with E-state index in [-0.39, 0.29) is 6.61 Å². The Labute approximate surface area is 102 Å². The fourth-order valence-electron chi connectivity index (χ4n) is 1.46. The maximum atomic E-state index is 9.00. The summed E-state index contributed by atoms with van der Waals surface area (Å²) in [6.07, 6.45) is 0. The first-order valence-corrected chi connectivity index (χ1v) is 6.63. The van der Waals surface area contributed by atoms with Gasteiger partial charge in [0.2, 0.25) is 0 Å². The molecule has 0 spiro atoms. The SMILES string of the molecule is CNCc1cc(C)ccc1SCC(C)CO. The molecular weight excluding hydrogens is 218 g/mol. The van der Waals surface area contributed by atoms with Gasteiger partial charge in [-0.1, -0.05) is 24.6 Å². The van der Waals surface area contributed by atoms with Gasteiger partial charge in [0.05, 0.1) is 0 Å². The van der Waals surface area contributed by atoms with Gasteiger partial charge in [-0.25, -0.2) is 0 Å². The molecule has 2 nitrogen and oxygen atoms in total. The Bertz CT molecular complexity index is 328. The molecule has 1 unspecified atom stereocenters. The molecule has 0 saturated heterocycles. The van der Waals surface area contributed by atoms with Gasteiger partial charge in [-0.05, 0) is 31.5 Å². The average Bonchev–Trinajstić information content (AvgIpc) is 2.28. The van der Waals surface area contributed by atoms with Gasteiger partial charge in [0.15, 0.2) is 0 Å². The lowest BCUT2D eigenvalue weighted by Gasteiger charge is -2.12. The number of hydrogen-bond donors (Lipinski definition) is 2. The minimum Gasteiger partial charge on any atom is -0.396 e. The van der Waals surface area contributed by atoms with Crippen LogP contribution in [0.4, 0.5) is 0 Å². The van der Waals surface area contributed by atoms with E-state index in [0.717, 1.165) is 12.3 Å². The lowest BCUT2D eigenvalue weighted by atomic mass is 10.1. The molecule has 0 saturated carbocycles. The molecule has 1 atom stereocenters.